The van der Waals surface area contributed by atoms with E-state index in [-0.39, 0.29) is 36.3 Å². The smallest absolute Gasteiger partial charge is 0.188 e. The number of nitrogens with one attached hydrogen (secondary N) is 1. The van der Waals surface area contributed by atoms with Crippen LogP contribution < -0.4 is 11.1 Å². The Balaban J connectivity index is 0.00000200. The number of benzene rings is 1. The lowest BCUT2D eigenvalue weighted by Crippen LogP contribution is -2.37. The predicted octanol–water partition coefficient (Wildman–Crippen LogP) is 2.18. The van der Waals surface area contributed by atoms with Gasteiger partial charge in [0.2, 0.25) is 0 Å². The number of nitrogens with zero attached hydrogens (tertiary/aromatic N) is 1. The fourth-order valence-corrected chi connectivity index (χ4v) is 1.98. The lowest BCUT2D eigenvalue weighted by atomic mass is 9.85. The zero-order valence-electron chi connectivity index (χ0n) is 11.3. The molecular weight excluding hydrogens is 372 g/mol. The van der Waals surface area contributed by atoms with Gasteiger partial charge in [0, 0.05) is 6.54 Å². The van der Waals surface area contributed by atoms with Crippen LogP contribution in [-0.4, -0.2) is 24.2 Å². The molecule has 1 atom stereocenters. The van der Waals surface area contributed by atoms with Crippen LogP contribution >= 0.6 is 24.0 Å². The van der Waals surface area contributed by atoms with Crippen LogP contribution in [0.4, 0.5) is 4.39 Å². The SMILES string of the molecule is I.NC(=NCC(O)c1ccc(F)cc1)NCC1CCC1. The molecule has 6 heteroatoms. The van der Waals surface area contributed by atoms with Crippen LogP contribution in [-0.2, 0) is 0 Å². The van der Waals surface area contributed by atoms with Crippen molar-refractivity contribution < 1.29 is 9.50 Å². The average Bonchev–Trinajstić information content (AvgIpc) is 2.35. The Hall–Kier alpha value is -0.890. The highest BCUT2D eigenvalue weighted by Crippen LogP contribution is 2.25. The van der Waals surface area contributed by atoms with Crippen molar-refractivity contribution in [3.05, 3.63) is 35.6 Å². The summed E-state index contributed by atoms with van der Waals surface area (Å²) in [5, 5.41) is 12.9. The van der Waals surface area contributed by atoms with E-state index in [1.165, 1.54) is 31.4 Å². The number of guanidine groups is 1. The Morgan fingerprint density at radius 1 is 1.40 bits per heavy atom. The molecule has 1 aromatic carbocycles. The van der Waals surface area contributed by atoms with Gasteiger partial charge in [0.25, 0.3) is 0 Å². The normalized spacial score (nSPS) is 17.0. The molecule has 1 unspecified atom stereocenters. The Kier molecular flexibility index (Phi) is 7.22. The minimum absolute atomic E-state index is 0. The van der Waals surface area contributed by atoms with E-state index in [9.17, 15) is 9.50 Å². The fourth-order valence-electron chi connectivity index (χ4n) is 1.98. The van der Waals surface area contributed by atoms with Gasteiger partial charge in [-0.2, -0.15) is 0 Å². The maximum Gasteiger partial charge on any atom is 0.188 e. The molecule has 0 spiro atoms. The number of hydrogen-bond acceptors (Lipinski definition) is 2. The number of aliphatic hydroxyl groups excluding tert-OH is 1. The summed E-state index contributed by atoms with van der Waals surface area (Å²) in [6.45, 7) is 1.02. The molecule has 1 fully saturated rings. The molecule has 0 amide bonds. The van der Waals surface area contributed by atoms with Gasteiger partial charge in [0.15, 0.2) is 5.96 Å². The fraction of sp³-hybridized carbons (Fsp3) is 0.500. The van der Waals surface area contributed by atoms with Gasteiger partial charge in [-0.15, -0.1) is 24.0 Å². The van der Waals surface area contributed by atoms with E-state index in [4.69, 9.17) is 5.73 Å². The summed E-state index contributed by atoms with van der Waals surface area (Å²) in [7, 11) is 0. The summed E-state index contributed by atoms with van der Waals surface area (Å²) in [5.41, 5.74) is 6.36. The number of halogens is 2. The maximum absolute atomic E-state index is 12.7. The van der Waals surface area contributed by atoms with E-state index in [0.29, 0.717) is 17.4 Å². The predicted molar refractivity (Wildman–Crippen MR) is 88.6 cm³/mol. The van der Waals surface area contributed by atoms with Crippen molar-refractivity contribution in [2.24, 2.45) is 16.6 Å². The zero-order valence-corrected chi connectivity index (χ0v) is 13.6. The van der Waals surface area contributed by atoms with Crippen LogP contribution in [0.1, 0.15) is 30.9 Å². The highest BCUT2D eigenvalue weighted by Gasteiger charge is 2.16. The Morgan fingerprint density at radius 2 is 2.05 bits per heavy atom. The van der Waals surface area contributed by atoms with Gasteiger partial charge in [-0.05, 0) is 36.5 Å². The van der Waals surface area contributed by atoms with Crippen LogP contribution in [0.15, 0.2) is 29.3 Å². The van der Waals surface area contributed by atoms with E-state index in [0.717, 1.165) is 6.54 Å². The summed E-state index contributed by atoms with van der Waals surface area (Å²) in [6.07, 6.45) is 3.04. The molecule has 20 heavy (non-hydrogen) atoms. The third kappa shape index (κ3) is 5.24. The first-order valence-electron chi connectivity index (χ1n) is 6.62. The van der Waals surface area contributed by atoms with E-state index in [1.807, 2.05) is 0 Å². The third-order valence-corrected chi connectivity index (χ3v) is 3.49. The van der Waals surface area contributed by atoms with Gasteiger partial charge >= 0.3 is 0 Å². The molecule has 0 radical (unpaired) electrons. The molecule has 0 saturated heterocycles. The topological polar surface area (TPSA) is 70.6 Å². The van der Waals surface area contributed by atoms with Crippen molar-refractivity contribution in [2.45, 2.75) is 25.4 Å². The van der Waals surface area contributed by atoms with Gasteiger partial charge in [-0.1, -0.05) is 18.6 Å². The molecular formula is C14H21FIN3O. The van der Waals surface area contributed by atoms with Crippen molar-refractivity contribution in [1.29, 1.82) is 0 Å². The number of aliphatic imine (C=N–C) groups is 1. The second-order valence-electron chi connectivity index (χ2n) is 4.97. The monoisotopic (exact) mass is 393 g/mol. The number of nitrogens with two attached hydrogens (primary N) is 1. The van der Waals surface area contributed by atoms with Crippen LogP contribution in [0.25, 0.3) is 0 Å². The first kappa shape index (κ1) is 17.2. The lowest BCUT2D eigenvalue weighted by Gasteiger charge is -2.25. The lowest BCUT2D eigenvalue weighted by molar-refractivity contribution is 0.187. The van der Waals surface area contributed by atoms with Gasteiger partial charge in [-0.25, -0.2) is 4.39 Å². The van der Waals surface area contributed by atoms with Crippen molar-refractivity contribution in [1.82, 2.24) is 5.32 Å². The highest BCUT2D eigenvalue weighted by atomic mass is 127. The second kappa shape index (κ2) is 8.41. The quantitative estimate of drug-likeness (QED) is 0.408. The Bertz CT molecular complexity index is 435. The Labute approximate surface area is 135 Å². The molecule has 1 aliphatic rings. The molecule has 0 heterocycles. The summed E-state index contributed by atoms with van der Waals surface area (Å²) in [4.78, 5) is 4.09. The number of hydrogen-bond donors (Lipinski definition) is 3. The maximum atomic E-state index is 12.7. The summed E-state index contributed by atoms with van der Waals surface area (Å²) in [5.74, 6) is 0.741. The van der Waals surface area contributed by atoms with E-state index in [1.54, 1.807) is 12.1 Å². The highest BCUT2D eigenvalue weighted by molar-refractivity contribution is 14.0. The van der Waals surface area contributed by atoms with Crippen LogP contribution in [0.2, 0.25) is 0 Å². The average molecular weight is 393 g/mol. The van der Waals surface area contributed by atoms with Crippen molar-refractivity contribution in [2.75, 3.05) is 13.1 Å². The van der Waals surface area contributed by atoms with Crippen molar-refractivity contribution in [3.63, 3.8) is 0 Å². The second-order valence-corrected chi connectivity index (χ2v) is 4.97. The van der Waals surface area contributed by atoms with Crippen molar-refractivity contribution in [3.8, 4) is 0 Å². The van der Waals surface area contributed by atoms with Crippen LogP contribution in [0.3, 0.4) is 0 Å². The molecule has 112 valence electrons. The zero-order chi connectivity index (χ0) is 13.7. The molecule has 0 bridgehead atoms. The first-order valence-corrected chi connectivity index (χ1v) is 6.62. The molecule has 4 N–H and O–H groups in total. The van der Waals surface area contributed by atoms with Crippen LogP contribution in [0.5, 0.6) is 0 Å². The van der Waals surface area contributed by atoms with Gasteiger partial charge < -0.3 is 16.2 Å². The van der Waals surface area contributed by atoms with Gasteiger partial charge in [0.05, 0.1) is 12.6 Å². The summed E-state index contributed by atoms with van der Waals surface area (Å²) in [6, 6.07) is 5.74. The standard InChI is InChI=1S/C14H20FN3O.HI/c15-12-6-4-11(5-7-12)13(19)9-18-14(16)17-8-10-2-1-3-10;/h4-7,10,13,19H,1-3,8-9H2,(H3,16,17,18);1H. The number of aliphatic hydroxyl groups is 1. The molecule has 4 nitrogen and oxygen atoms in total. The molecule has 0 aromatic heterocycles. The molecule has 2 rings (SSSR count). The van der Waals surface area contributed by atoms with Crippen LogP contribution in [0, 0.1) is 11.7 Å². The van der Waals surface area contributed by atoms with Crippen molar-refractivity contribution >= 4 is 29.9 Å². The largest absolute Gasteiger partial charge is 0.386 e. The molecule has 0 aliphatic heterocycles. The summed E-state index contributed by atoms with van der Waals surface area (Å²) < 4.78 is 12.7. The van der Waals surface area contributed by atoms with E-state index in [2.05, 4.69) is 10.3 Å². The Morgan fingerprint density at radius 3 is 2.60 bits per heavy atom. The molecule has 1 saturated carbocycles. The van der Waals surface area contributed by atoms with E-state index < -0.39 is 6.10 Å². The van der Waals surface area contributed by atoms with Gasteiger partial charge in [0.1, 0.15) is 5.82 Å². The molecule has 1 aliphatic carbocycles. The number of rotatable bonds is 5. The summed E-state index contributed by atoms with van der Waals surface area (Å²) >= 11 is 0. The van der Waals surface area contributed by atoms with E-state index >= 15 is 0 Å². The first-order chi connectivity index (χ1) is 9.15. The minimum Gasteiger partial charge on any atom is -0.386 e. The van der Waals surface area contributed by atoms with Gasteiger partial charge in [-0.3, -0.25) is 4.99 Å². The molecule has 1 aromatic rings. The minimum atomic E-state index is -0.760. The third-order valence-electron chi connectivity index (χ3n) is 3.49.